The summed E-state index contributed by atoms with van der Waals surface area (Å²) < 4.78 is 1.91. The standard InChI is InChI=1S/C10H19N3O/c1-10(2,14)9-11-5-3-7-13-8-4-6-12-13/h4,6,8,11,14H,3,5,7,9H2,1-2H3. The maximum Gasteiger partial charge on any atom is 0.0715 e. The van der Waals surface area contributed by atoms with Crippen LogP contribution in [-0.2, 0) is 6.54 Å². The molecule has 2 N–H and O–H groups in total. The van der Waals surface area contributed by atoms with Crippen LogP contribution in [0, 0.1) is 0 Å². The van der Waals surface area contributed by atoms with E-state index < -0.39 is 5.60 Å². The number of aromatic nitrogens is 2. The Bertz CT molecular complexity index is 238. The molecule has 0 saturated heterocycles. The second kappa shape index (κ2) is 5.12. The molecule has 0 atom stereocenters. The minimum Gasteiger partial charge on any atom is -0.389 e. The summed E-state index contributed by atoms with van der Waals surface area (Å²) in [6, 6.07) is 1.92. The van der Waals surface area contributed by atoms with Crippen LogP contribution in [-0.4, -0.2) is 33.6 Å². The van der Waals surface area contributed by atoms with E-state index in [-0.39, 0.29) is 0 Å². The van der Waals surface area contributed by atoms with Crippen LogP contribution in [0.3, 0.4) is 0 Å². The summed E-state index contributed by atoms with van der Waals surface area (Å²) in [7, 11) is 0. The lowest BCUT2D eigenvalue weighted by Crippen LogP contribution is -2.35. The number of aryl methyl sites for hydroxylation is 1. The molecular formula is C10H19N3O. The fourth-order valence-corrected chi connectivity index (χ4v) is 1.19. The van der Waals surface area contributed by atoms with Gasteiger partial charge in [0.1, 0.15) is 0 Å². The van der Waals surface area contributed by atoms with Gasteiger partial charge in [-0.2, -0.15) is 5.10 Å². The molecule has 0 fully saturated rings. The Balaban J connectivity index is 2.00. The average molecular weight is 197 g/mol. The average Bonchev–Trinajstić information content (AvgIpc) is 2.54. The highest BCUT2D eigenvalue weighted by Gasteiger charge is 2.10. The maximum absolute atomic E-state index is 9.42. The minimum atomic E-state index is -0.619. The number of hydrogen-bond donors (Lipinski definition) is 2. The predicted octanol–water partition coefficient (Wildman–Crippen LogP) is 0.634. The van der Waals surface area contributed by atoms with E-state index >= 15 is 0 Å². The Morgan fingerprint density at radius 3 is 2.86 bits per heavy atom. The van der Waals surface area contributed by atoms with Gasteiger partial charge in [-0.25, -0.2) is 0 Å². The summed E-state index contributed by atoms with van der Waals surface area (Å²) in [4.78, 5) is 0. The van der Waals surface area contributed by atoms with Gasteiger partial charge in [0.2, 0.25) is 0 Å². The van der Waals surface area contributed by atoms with Crippen LogP contribution in [0.15, 0.2) is 18.5 Å². The summed E-state index contributed by atoms with van der Waals surface area (Å²) in [5, 5.41) is 16.7. The van der Waals surface area contributed by atoms with E-state index in [9.17, 15) is 5.11 Å². The molecule has 0 aliphatic carbocycles. The van der Waals surface area contributed by atoms with E-state index in [1.165, 1.54) is 0 Å². The second-order valence-corrected chi connectivity index (χ2v) is 4.11. The van der Waals surface area contributed by atoms with Gasteiger partial charge < -0.3 is 10.4 Å². The highest BCUT2D eigenvalue weighted by Crippen LogP contribution is 1.97. The van der Waals surface area contributed by atoms with Crippen LogP contribution in [0.5, 0.6) is 0 Å². The molecule has 1 aromatic heterocycles. The van der Waals surface area contributed by atoms with E-state index in [4.69, 9.17) is 0 Å². The topological polar surface area (TPSA) is 50.1 Å². The zero-order chi connectivity index (χ0) is 10.4. The van der Waals surface area contributed by atoms with Crippen molar-refractivity contribution in [2.24, 2.45) is 0 Å². The Hall–Kier alpha value is -0.870. The normalized spacial score (nSPS) is 11.9. The summed E-state index contributed by atoms with van der Waals surface area (Å²) in [6.45, 7) is 6.06. The molecular weight excluding hydrogens is 178 g/mol. The first-order chi connectivity index (χ1) is 6.58. The third-order valence-corrected chi connectivity index (χ3v) is 1.86. The summed E-state index contributed by atoms with van der Waals surface area (Å²) >= 11 is 0. The molecule has 0 saturated carbocycles. The first-order valence-corrected chi connectivity index (χ1v) is 4.98. The quantitative estimate of drug-likeness (QED) is 0.658. The van der Waals surface area contributed by atoms with Gasteiger partial charge in [-0.15, -0.1) is 0 Å². The SMILES string of the molecule is CC(C)(O)CNCCCn1cccn1. The van der Waals surface area contributed by atoms with Crippen LogP contribution in [0.4, 0.5) is 0 Å². The minimum absolute atomic E-state index is 0.619. The fourth-order valence-electron chi connectivity index (χ4n) is 1.19. The van der Waals surface area contributed by atoms with E-state index in [1.54, 1.807) is 20.0 Å². The first-order valence-electron chi connectivity index (χ1n) is 4.98. The smallest absolute Gasteiger partial charge is 0.0715 e. The van der Waals surface area contributed by atoms with Gasteiger partial charge in [0.25, 0.3) is 0 Å². The lowest BCUT2D eigenvalue weighted by molar-refractivity contribution is 0.0798. The molecule has 4 nitrogen and oxygen atoms in total. The molecule has 1 rings (SSSR count). The van der Waals surface area contributed by atoms with E-state index in [2.05, 4.69) is 10.4 Å². The molecule has 0 radical (unpaired) electrons. The molecule has 4 heteroatoms. The van der Waals surface area contributed by atoms with Crippen molar-refractivity contribution >= 4 is 0 Å². The maximum atomic E-state index is 9.42. The second-order valence-electron chi connectivity index (χ2n) is 4.11. The van der Waals surface area contributed by atoms with Crippen LogP contribution in [0.1, 0.15) is 20.3 Å². The molecule has 0 aliphatic heterocycles. The highest BCUT2D eigenvalue weighted by molar-refractivity contribution is 4.77. The van der Waals surface area contributed by atoms with Gasteiger partial charge in [0.05, 0.1) is 5.60 Å². The predicted molar refractivity (Wildman–Crippen MR) is 56.0 cm³/mol. The van der Waals surface area contributed by atoms with Gasteiger partial charge in [-0.1, -0.05) is 0 Å². The Morgan fingerprint density at radius 1 is 1.50 bits per heavy atom. The Labute approximate surface area is 84.9 Å². The first kappa shape index (κ1) is 11.2. The molecule has 0 aromatic carbocycles. The van der Waals surface area contributed by atoms with Gasteiger partial charge >= 0.3 is 0 Å². The lowest BCUT2D eigenvalue weighted by atomic mass is 10.1. The Morgan fingerprint density at radius 2 is 2.29 bits per heavy atom. The Kier molecular flexibility index (Phi) is 4.10. The molecule has 1 heterocycles. The van der Waals surface area contributed by atoms with Crippen molar-refractivity contribution < 1.29 is 5.11 Å². The van der Waals surface area contributed by atoms with Crippen molar-refractivity contribution in [3.63, 3.8) is 0 Å². The van der Waals surface area contributed by atoms with Crippen molar-refractivity contribution in [3.05, 3.63) is 18.5 Å². The summed E-state index contributed by atoms with van der Waals surface area (Å²) in [6.07, 6.45) is 4.76. The van der Waals surface area contributed by atoms with Crippen LogP contribution >= 0.6 is 0 Å². The molecule has 0 spiro atoms. The van der Waals surface area contributed by atoms with Crippen molar-refractivity contribution in [3.8, 4) is 0 Å². The monoisotopic (exact) mass is 197 g/mol. The summed E-state index contributed by atoms with van der Waals surface area (Å²) in [5.41, 5.74) is -0.619. The number of rotatable bonds is 6. The van der Waals surface area contributed by atoms with Gasteiger partial charge in [0, 0.05) is 25.5 Å². The molecule has 14 heavy (non-hydrogen) atoms. The van der Waals surface area contributed by atoms with Crippen LogP contribution in [0.25, 0.3) is 0 Å². The largest absolute Gasteiger partial charge is 0.389 e. The van der Waals surface area contributed by atoms with E-state index in [0.29, 0.717) is 6.54 Å². The van der Waals surface area contributed by atoms with E-state index in [1.807, 2.05) is 16.9 Å². The highest BCUT2D eigenvalue weighted by atomic mass is 16.3. The lowest BCUT2D eigenvalue weighted by Gasteiger charge is -2.17. The molecule has 1 aromatic rings. The van der Waals surface area contributed by atoms with Gasteiger partial charge in [-0.05, 0) is 32.9 Å². The molecule has 0 aliphatic rings. The number of nitrogens with one attached hydrogen (secondary N) is 1. The zero-order valence-electron chi connectivity index (χ0n) is 8.90. The van der Waals surface area contributed by atoms with Gasteiger partial charge in [0.15, 0.2) is 0 Å². The zero-order valence-corrected chi connectivity index (χ0v) is 8.90. The number of hydrogen-bond acceptors (Lipinski definition) is 3. The number of nitrogens with zero attached hydrogens (tertiary/aromatic N) is 2. The van der Waals surface area contributed by atoms with Crippen molar-refractivity contribution in [1.82, 2.24) is 15.1 Å². The van der Waals surface area contributed by atoms with E-state index in [0.717, 1.165) is 19.5 Å². The van der Waals surface area contributed by atoms with Crippen molar-refractivity contribution in [2.45, 2.75) is 32.4 Å². The van der Waals surface area contributed by atoms with Crippen LogP contribution in [0.2, 0.25) is 0 Å². The molecule has 0 bridgehead atoms. The molecule has 80 valence electrons. The third kappa shape index (κ3) is 4.99. The molecule has 0 amide bonds. The fraction of sp³-hybridized carbons (Fsp3) is 0.700. The number of aliphatic hydroxyl groups is 1. The molecule has 0 unspecified atom stereocenters. The third-order valence-electron chi connectivity index (χ3n) is 1.86. The van der Waals surface area contributed by atoms with Crippen molar-refractivity contribution in [1.29, 1.82) is 0 Å². The van der Waals surface area contributed by atoms with Gasteiger partial charge in [-0.3, -0.25) is 4.68 Å². The summed E-state index contributed by atoms with van der Waals surface area (Å²) in [5.74, 6) is 0. The van der Waals surface area contributed by atoms with Crippen LogP contribution < -0.4 is 5.32 Å². The van der Waals surface area contributed by atoms with Crippen molar-refractivity contribution in [2.75, 3.05) is 13.1 Å².